The Balaban J connectivity index is 1.82. The van der Waals surface area contributed by atoms with Crippen LogP contribution in [-0.4, -0.2) is 31.2 Å². The van der Waals surface area contributed by atoms with Crippen LogP contribution in [0.2, 0.25) is 5.02 Å². The van der Waals surface area contributed by atoms with E-state index in [9.17, 15) is 13.2 Å². The van der Waals surface area contributed by atoms with Crippen molar-refractivity contribution < 1.29 is 13.2 Å². The van der Waals surface area contributed by atoms with Crippen LogP contribution in [0.15, 0.2) is 59.5 Å². The molecule has 1 saturated carbocycles. The quantitative estimate of drug-likeness (QED) is 0.777. The van der Waals surface area contributed by atoms with Crippen LogP contribution in [0.5, 0.6) is 0 Å². The predicted molar refractivity (Wildman–Crippen MR) is 107 cm³/mol. The summed E-state index contributed by atoms with van der Waals surface area (Å²) in [5.41, 5.74) is 0.549. The van der Waals surface area contributed by atoms with Gasteiger partial charge in [0.2, 0.25) is 15.9 Å². The minimum atomic E-state index is -3.75. The van der Waals surface area contributed by atoms with Crippen molar-refractivity contribution in [1.82, 2.24) is 4.31 Å². The highest BCUT2D eigenvalue weighted by Crippen LogP contribution is 2.28. The van der Waals surface area contributed by atoms with Gasteiger partial charge in [0.25, 0.3) is 0 Å². The monoisotopic (exact) mass is 406 g/mol. The Morgan fingerprint density at radius 2 is 1.74 bits per heavy atom. The molecule has 0 aromatic heterocycles. The first-order chi connectivity index (χ1) is 13.0. The van der Waals surface area contributed by atoms with E-state index in [1.165, 1.54) is 4.31 Å². The summed E-state index contributed by atoms with van der Waals surface area (Å²) < 4.78 is 27.8. The second-order valence-corrected chi connectivity index (χ2v) is 9.04. The fraction of sp³-hybridized carbons (Fsp3) is 0.350. The number of nitrogens with one attached hydrogen (secondary N) is 1. The highest BCUT2D eigenvalue weighted by atomic mass is 35.5. The smallest absolute Gasteiger partial charge is 0.243 e. The van der Waals surface area contributed by atoms with Crippen LogP contribution in [0.4, 0.5) is 5.69 Å². The maximum Gasteiger partial charge on any atom is 0.243 e. The minimum absolute atomic E-state index is 0.158. The zero-order valence-electron chi connectivity index (χ0n) is 15.0. The summed E-state index contributed by atoms with van der Waals surface area (Å²) in [4.78, 5) is 12.8. The number of carbonyl (C=O) groups is 1. The first-order valence-electron chi connectivity index (χ1n) is 9.09. The van der Waals surface area contributed by atoms with Gasteiger partial charge >= 0.3 is 0 Å². The second kappa shape index (κ2) is 8.87. The number of nitrogens with zero attached hydrogens (tertiary/aromatic N) is 1. The molecular formula is C20H23ClN2O3S. The number of hydrogen-bond donors (Lipinski definition) is 1. The molecule has 2 aromatic carbocycles. The van der Waals surface area contributed by atoms with Gasteiger partial charge in [-0.15, -0.1) is 0 Å². The number of hydrogen-bond acceptors (Lipinski definition) is 3. The normalized spacial score (nSPS) is 15.6. The Bertz CT molecular complexity index is 881. The maximum absolute atomic E-state index is 13.2. The molecule has 0 bridgehead atoms. The Morgan fingerprint density at radius 1 is 1.04 bits per heavy atom. The van der Waals surface area contributed by atoms with E-state index in [2.05, 4.69) is 5.32 Å². The van der Waals surface area contributed by atoms with Gasteiger partial charge in [0.05, 0.1) is 11.4 Å². The third-order valence-corrected chi connectivity index (χ3v) is 6.89. The van der Waals surface area contributed by atoms with E-state index >= 15 is 0 Å². The summed E-state index contributed by atoms with van der Waals surface area (Å²) >= 11 is 5.95. The summed E-state index contributed by atoms with van der Waals surface area (Å²) in [6.45, 7) is -0.214. The molecular weight excluding hydrogens is 384 g/mol. The third-order valence-electron chi connectivity index (χ3n) is 4.74. The van der Waals surface area contributed by atoms with Crippen molar-refractivity contribution in [3.63, 3.8) is 0 Å². The van der Waals surface area contributed by atoms with Crippen molar-refractivity contribution in [1.29, 1.82) is 0 Å². The number of carbonyl (C=O) groups excluding carboxylic acids is 1. The Kier molecular flexibility index (Phi) is 6.52. The van der Waals surface area contributed by atoms with E-state index in [1.54, 1.807) is 54.6 Å². The van der Waals surface area contributed by atoms with Crippen molar-refractivity contribution in [2.24, 2.45) is 0 Å². The number of amides is 1. The van der Waals surface area contributed by atoms with Gasteiger partial charge in [-0.25, -0.2) is 8.42 Å². The number of anilines is 1. The van der Waals surface area contributed by atoms with Crippen LogP contribution in [0.25, 0.3) is 0 Å². The van der Waals surface area contributed by atoms with Crippen molar-refractivity contribution in [2.45, 2.75) is 43.0 Å². The molecule has 1 N–H and O–H groups in total. The molecule has 0 saturated heterocycles. The average molecular weight is 407 g/mol. The van der Waals surface area contributed by atoms with Gasteiger partial charge in [-0.2, -0.15) is 4.31 Å². The lowest BCUT2D eigenvalue weighted by molar-refractivity contribution is -0.116. The predicted octanol–water partition coefficient (Wildman–Crippen LogP) is 4.30. The molecule has 0 aliphatic heterocycles. The number of benzene rings is 2. The standard InChI is InChI=1S/C20H23ClN2O3S/c21-16-8-7-9-17(14-16)22-20(24)15-23(18-10-3-1-4-11-18)27(25,26)19-12-5-2-6-13-19/h2,5-9,12-14,18H,1,3-4,10-11,15H2,(H,22,24). The van der Waals surface area contributed by atoms with Crippen molar-refractivity contribution >= 4 is 33.2 Å². The van der Waals surface area contributed by atoms with Crippen LogP contribution in [0, 0.1) is 0 Å². The molecule has 1 aliphatic carbocycles. The molecule has 27 heavy (non-hydrogen) atoms. The van der Waals surface area contributed by atoms with E-state index in [0.717, 1.165) is 32.1 Å². The van der Waals surface area contributed by atoms with E-state index in [0.29, 0.717) is 10.7 Å². The van der Waals surface area contributed by atoms with Gasteiger partial charge in [-0.05, 0) is 43.2 Å². The van der Waals surface area contributed by atoms with Crippen molar-refractivity contribution in [3.8, 4) is 0 Å². The third kappa shape index (κ3) is 5.09. The van der Waals surface area contributed by atoms with Crippen molar-refractivity contribution in [3.05, 3.63) is 59.6 Å². The summed E-state index contributed by atoms with van der Waals surface area (Å²) in [7, 11) is -3.75. The lowest BCUT2D eigenvalue weighted by atomic mass is 9.95. The highest BCUT2D eigenvalue weighted by molar-refractivity contribution is 7.89. The fourth-order valence-electron chi connectivity index (χ4n) is 3.42. The van der Waals surface area contributed by atoms with E-state index in [-0.39, 0.29) is 23.4 Å². The van der Waals surface area contributed by atoms with E-state index < -0.39 is 10.0 Å². The molecule has 0 atom stereocenters. The topological polar surface area (TPSA) is 66.5 Å². The highest BCUT2D eigenvalue weighted by Gasteiger charge is 2.33. The SMILES string of the molecule is O=C(CN(C1CCCCC1)S(=O)(=O)c1ccccc1)Nc1cccc(Cl)c1. The van der Waals surface area contributed by atoms with Crippen LogP contribution in [0.3, 0.4) is 0 Å². The van der Waals surface area contributed by atoms with Crippen LogP contribution in [0.1, 0.15) is 32.1 Å². The summed E-state index contributed by atoms with van der Waals surface area (Å²) in [5.74, 6) is -0.373. The molecule has 0 radical (unpaired) electrons. The molecule has 1 fully saturated rings. The van der Waals surface area contributed by atoms with Gasteiger partial charge in [-0.1, -0.05) is 55.1 Å². The molecule has 7 heteroatoms. The molecule has 0 heterocycles. The first kappa shape index (κ1) is 19.9. The van der Waals surface area contributed by atoms with Crippen LogP contribution < -0.4 is 5.32 Å². The lowest BCUT2D eigenvalue weighted by Gasteiger charge is -2.33. The van der Waals surface area contributed by atoms with Crippen molar-refractivity contribution in [2.75, 3.05) is 11.9 Å². The number of rotatable bonds is 6. The molecule has 144 valence electrons. The van der Waals surface area contributed by atoms with Gasteiger partial charge in [-0.3, -0.25) is 4.79 Å². The number of sulfonamides is 1. The molecule has 0 spiro atoms. The Labute approximate surface area is 165 Å². The first-order valence-corrected chi connectivity index (χ1v) is 10.9. The molecule has 1 amide bonds. The van der Waals surface area contributed by atoms with Gasteiger partial charge < -0.3 is 5.32 Å². The summed E-state index contributed by atoms with van der Waals surface area (Å²) in [5, 5.41) is 3.25. The largest absolute Gasteiger partial charge is 0.325 e. The Hall–Kier alpha value is -1.89. The zero-order valence-corrected chi connectivity index (χ0v) is 16.5. The van der Waals surface area contributed by atoms with E-state index in [1.807, 2.05) is 0 Å². The van der Waals surface area contributed by atoms with Crippen LogP contribution >= 0.6 is 11.6 Å². The van der Waals surface area contributed by atoms with Gasteiger partial charge in [0.1, 0.15) is 0 Å². The zero-order chi connectivity index (χ0) is 19.3. The molecule has 1 aliphatic rings. The maximum atomic E-state index is 13.2. The van der Waals surface area contributed by atoms with E-state index in [4.69, 9.17) is 11.6 Å². The molecule has 3 rings (SSSR count). The molecule has 5 nitrogen and oxygen atoms in total. The van der Waals surface area contributed by atoms with Crippen LogP contribution in [-0.2, 0) is 14.8 Å². The lowest BCUT2D eigenvalue weighted by Crippen LogP contribution is -2.45. The van der Waals surface area contributed by atoms with Gasteiger partial charge in [0, 0.05) is 16.8 Å². The number of halogens is 1. The fourth-order valence-corrected chi connectivity index (χ4v) is 5.27. The summed E-state index contributed by atoms with van der Waals surface area (Å²) in [6, 6.07) is 14.9. The van der Waals surface area contributed by atoms with Gasteiger partial charge in [0.15, 0.2) is 0 Å². The Morgan fingerprint density at radius 3 is 2.41 bits per heavy atom. The second-order valence-electron chi connectivity index (χ2n) is 6.71. The molecule has 0 unspecified atom stereocenters. The summed E-state index contributed by atoms with van der Waals surface area (Å²) in [6.07, 6.45) is 4.60. The minimum Gasteiger partial charge on any atom is -0.325 e. The average Bonchev–Trinajstić information content (AvgIpc) is 2.67. The molecule has 2 aromatic rings.